The number of amides is 1. The molecule has 0 bridgehead atoms. The van der Waals surface area contributed by atoms with E-state index in [1.165, 1.54) is 12.8 Å². The van der Waals surface area contributed by atoms with E-state index in [1.54, 1.807) is 17.0 Å². The molecule has 1 saturated carbocycles. The van der Waals surface area contributed by atoms with E-state index in [1.807, 2.05) is 42.2 Å². The highest BCUT2D eigenvalue weighted by atomic mass is 16.2. The first-order valence-electron chi connectivity index (χ1n) is 10.3. The average molecular weight is 389 g/mol. The molecule has 5 heteroatoms. The van der Waals surface area contributed by atoms with Gasteiger partial charge in [0.1, 0.15) is 0 Å². The van der Waals surface area contributed by atoms with E-state index >= 15 is 0 Å². The Labute approximate surface area is 171 Å². The van der Waals surface area contributed by atoms with Crippen molar-refractivity contribution in [1.29, 1.82) is 0 Å². The lowest BCUT2D eigenvalue weighted by molar-refractivity contribution is -0.134. The zero-order valence-corrected chi connectivity index (χ0v) is 17.0. The zero-order valence-electron chi connectivity index (χ0n) is 17.0. The molecule has 0 N–H and O–H groups in total. The highest BCUT2D eigenvalue weighted by Gasteiger charge is 2.34. The third kappa shape index (κ3) is 4.24. The van der Waals surface area contributed by atoms with Gasteiger partial charge < -0.3 is 4.90 Å². The first-order chi connectivity index (χ1) is 14.0. The number of carbonyl (C=O) groups excluding carboxylic acids is 1. The van der Waals surface area contributed by atoms with Crippen LogP contribution in [0.15, 0.2) is 59.7 Å². The molecule has 3 aromatic rings. The Balaban J connectivity index is 1.51. The van der Waals surface area contributed by atoms with Crippen molar-refractivity contribution in [2.24, 2.45) is 5.92 Å². The van der Waals surface area contributed by atoms with E-state index in [2.05, 4.69) is 24.0 Å². The van der Waals surface area contributed by atoms with E-state index in [-0.39, 0.29) is 17.5 Å². The maximum Gasteiger partial charge on any atom is 0.261 e. The van der Waals surface area contributed by atoms with Gasteiger partial charge in [0.2, 0.25) is 5.91 Å². The molecule has 2 aromatic carbocycles. The maximum absolute atomic E-state index is 13.1. The largest absolute Gasteiger partial charge is 0.335 e. The minimum atomic E-state index is -0.0867. The van der Waals surface area contributed by atoms with Crippen LogP contribution >= 0.6 is 0 Å². The van der Waals surface area contributed by atoms with Gasteiger partial charge in [0.25, 0.3) is 5.56 Å². The molecular weight excluding hydrogens is 362 g/mol. The summed E-state index contributed by atoms with van der Waals surface area (Å²) in [6, 6.07) is 15.9. The van der Waals surface area contributed by atoms with Crippen molar-refractivity contribution in [3.05, 3.63) is 76.3 Å². The van der Waals surface area contributed by atoms with Gasteiger partial charge in [-0.25, -0.2) is 4.98 Å². The number of carbonyl (C=O) groups is 1. The maximum atomic E-state index is 13.1. The molecule has 1 aromatic heterocycles. The second-order valence-electron chi connectivity index (χ2n) is 8.05. The van der Waals surface area contributed by atoms with Gasteiger partial charge in [-0.2, -0.15) is 0 Å². The van der Waals surface area contributed by atoms with Gasteiger partial charge in [0.15, 0.2) is 0 Å². The Morgan fingerprint density at radius 3 is 2.66 bits per heavy atom. The van der Waals surface area contributed by atoms with Gasteiger partial charge in [0, 0.05) is 25.6 Å². The third-order valence-electron chi connectivity index (χ3n) is 5.93. The molecule has 5 nitrogen and oxygen atoms in total. The summed E-state index contributed by atoms with van der Waals surface area (Å²) in [7, 11) is 0. The first-order valence-corrected chi connectivity index (χ1v) is 10.3. The summed E-state index contributed by atoms with van der Waals surface area (Å²) in [6.07, 6.45) is 4.24. The molecule has 150 valence electrons. The summed E-state index contributed by atoms with van der Waals surface area (Å²) < 4.78 is 1.56. The molecule has 1 amide bonds. The summed E-state index contributed by atoms with van der Waals surface area (Å²) in [4.78, 5) is 32.3. The van der Waals surface area contributed by atoms with Gasteiger partial charge in [-0.15, -0.1) is 0 Å². The monoisotopic (exact) mass is 389 g/mol. The van der Waals surface area contributed by atoms with E-state index < -0.39 is 0 Å². The summed E-state index contributed by atoms with van der Waals surface area (Å²) >= 11 is 0. The van der Waals surface area contributed by atoms with Crippen molar-refractivity contribution in [1.82, 2.24) is 14.5 Å². The number of aryl methyl sites for hydroxylation is 2. The quantitative estimate of drug-likeness (QED) is 0.615. The van der Waals surface area contributed by atoms with Crippen molar-refractivity contribution in [2.45, 2.75) is 52.2 Å². The van der Waals surface area contributed by atoms with Crippen LogP contribution in [0.4, 0.5) is 0 Å². The normalized spacial score (nSPS) is 14.7. The van der Waals surface area contributed by atoms with Crippen LogP contribution in [0.3, 0.4) is 0 Å². The van der Waals surface area contributed by atoms with Crippen molar-refractivity contribution < 1.29 is 4.79 Å². The Bertz CT molecular complexity index is 1070. The Morgan fingerprint density at radius 1 is 1.17 bits per heavy atom. The Hall–Kier alpha value is -2.95. The van der Waals surface area contributed by atoms with Crippen LogP contribution in [0.5, 0.6) is 0 Å². The highest BCUT2D eigenvalue weighted by molar-refractivity contribution is 5.80. The molecule has 4 rings (SSSR count). The predicted octanol–water partition coefficient (Wildman–Crippen LogP) is 3.92. The fourth-order valence-electron chi connectivity index (χ4n) is 3.93. The lowest BCUT2D eigenvalue weighted by Crippen LogP contribution is -2.40. The first kappa shape index (κ1) is 19.4. The number of rotatable bonds is 7. The third-order valence-corrected chi connectivity index (χ3v) is 5.93. The second kappa shape index (κ2) is 8.19. The Kier molecular flexibility index (Phi) is 5.47. The lowest BCUT2D eigenvalue weighted by Gasteiger charge is -2.30. The fraction of sp³-hybridized carbons (Fsp3) is 0.375. The summed E-state index contributed by atoms with van der Waals surface area (Å²) in [5, 5.41) is 0.604. The molecule has 0 spiro atoms. The molecule has 1 aliphatic rings. The molecule has 1 fully saturated rings. The van der Waals surface area contributed by atoms with E-state index in [0.29, 0.717) is 30.8 Å². The predicted molar refractivity (Wildman–Crippen MR) is 115 cm³/mol. The minimum Gasteiger partial charge on any atom is -0.335 e. The fourth-order valence-corrected chi connectivity index (χ4v) is 3.93. The van der Waals surface area contributed by atoms with Gasteiger partial charge in [-0.05, 0) is 49.8 Å². The lowest BCUT2D eigenvalue weighted by atomic mass is 10.1. The molecule has 1 heterocycles. The number of hydrogen-bond acceptors (Lipinski definition) is 3. The van der Waals surface area contributed by atoms with Crippen LogP contribution in [-0.4, -0.2) is 26.4 Å². The SMILES string of the molecule is Cc1cccc2c(=O)n(CCC(=O)N(Cc3ccccc3)C(C)C3CC3)cnc12. The molecule has 1 unspecified atom stereocenters. The molecule has 1 aliphatic carbocycles. The number of nitrogens with zero attached hydrogens (tertiary/aromatic N) is 3. The van der Waals surface area contributed by atoms with Crippen LogP contribution in [0, 0.1) is 12.8 Å². The minimum absolute atomic E-state index is 0.0867. The van der Waals surface area contributed by atoms with Crippen molar-refractivity contribution in [3.63, 3.8) is 0 Å². The number of aromatic nitrogens is 2. The van der Waals surface area contributed by atoms with E-state index in [9.17, 15) is 9.59 Å². The zero-order chi connectivity index (χ0) is 20.4. The highest BCUT2D eigenvalue weighted by Crippen LogP contribution is 2.36. The molecular formula is C24H27N3O2. The molecule has 29 heavy (non-hydrogen) atoms. The van der Waals surface area contributed by atoms with E-state index in [0.717, 1.165) is 16.6 Å². The van der Waals surface area contributed by atoms with Crippen molar-refractivity contribution >= 4 is 16.8 Å². The average Bonchev–Trinajstić information content (AvgIpc) is 3.58. The van der Waals surface area contributed by atoms with Gasteiger partial charge in [-0.3, -0.25) is 14.2 Å². The van der Waals surface area contributed by atoms with Crippen molar-refractivity contribution in [3.8, 4) is 0 Å². The standard InChI is InChI=1S/C24H27N3O2/c1-17-7-6-10-21-23(17)25-16-26(24(21)29)14-13-22(28)27(18(2)20-11-12-20)15-19-8-4-3-5-9-19/h3-10,16,18,20H,11-15H2,1-2H3. The second-order valence-corrected chi connectivity index (χ2v) is 8.05. The van der Waals surface area contributed by atoms with Crippen LogP contribution in [0.2, 0.25) is 0 Å². The molecule has 1 atom stereocenters. The van der Waals surface area contributed by atoms with Crippen LogP contribution in [0.25, 0.3) is 10.9 Å². The summed E-state index contributed by atoms with van der Waals surface area (Å²) in [6.45, 7) is 5.05. The topological polar surface area (TPSA) is 55.2 Å². The number of hydrogen-bond donors (Lipinski definition) is 0. The van der Waals surface area contributed by atoms with Crippen LogP contribution < -0.4 is 5.56 Å². The summed E-state index contributed by atoms with van der Waals surface area (Å²) in [5.41, 5.74) is 2.76. The number of benzene rings is 2. The van der Waals surface area contributed by atoms with Crippen LogP contribution in [-0.2, 0) is 17.9 Å². The van der Waals surface area contributed by atoms with Crippen molar-refractivity contribution in [2.75, 3.05) is 0 Å². The Morgan fingerprint density at radius 2 is 1.93 bits per heavy atom. The van der Waals surface area contributed by atoms with Crippen LogP contribution in [0.1, 0.15) is 37.3 Å². The van der Waals surface area contributed by atoms with E-state index in [4.69, 9.17) is 0 Å². The van der Waals surface area contributed by atoms with Gasteiger partial charge in [0.05, 0.1) is 17.2 Å². The van der Waals surface area contributed by atoms with Gasteiger partial charge in [-0.1, -0.05) is 42.5 Å². The number of para-hydroxylation sites is 1. The van der Waals surface area contributed by atoms with Gasteiger partial charge >= 0.3 is 0 Å². The molecule has 0 saturated heterocycles. The molecule has 0 radical (unpaired) electrons. The number of fused-ring (bicyclic) bond motifs is 1. The smallest absolute Gasteiger partial charge is 0.261 e. The molecule has 0 aliphatic heterocycles. The summed E-state index contributed by atoms with van der Waals surface area (Å²) in [5.74, 6) is 0.681.